The number of halogens is 2. The maximum absolute atomic E-state index is 13.4. The maximum atomic E-state index is 13.4. The minimum atomic E-state index is -0.640. The maximum Gasteiger partial charge on any atom is 0.340 e. The van der Waals surface area contributed by atoms with E-state index in [1.165, 1.54) is 12.1 Å². The molecule has 0 saturated heterocycles. The molecule has 1 aromatic rings. The Hall–Kier alpha value is -1.10. The Morgan fingerprint density at radius 1 is 1.56 bits per heavy atom. The molecule has 0 radical (unpaired) electrons. The van der Waals surface area contributed by atoms with Crippen molar-refractivity contribution in [1.82, 2.24) is 0 Å². The average Bonchev–Trinajstić information content (AvgIpc) is 2.23. The molecule has 0 atom stereocenters. The minimum Gasteiger partial charge on any atom is -0.462 e. The molecule has 0 aliphatic heterocycles. The van der Waals surface area contributed by atoms with E-state index < -0.39 is 11.8 Å². The first-order chi connectivity index (χ1) is 7.43. The number of ether oxygens (including phenoxy) is 1. The monoisotopic (exact) mass is 289 g/mol. The van der Waals surface area contributed by atoms with Crippen LogP contribution in [-0.2, 0) is 4.74 Å². The third kappa shape index (κ3) is 2.95. The molecule has 0 bridgehead atoms. The number of anilines is 1. The van der Waals surface area contributed by atoms with Crippen molar-refractivity contribution < 1.29 is 13.9 Å². The number of rotatable bonds is 3. The Balaban J connectivity index is 2.88. The Bertz CT molecular complexity index is 407. The number of carbonyl (C=O) groups excluding carboxylic acids is 1. The lowest BCUT2D eigenvalue weighted by molar-refractivity contribution is 0.0460. The van der Waals surface area contributed by atoms with Gasteiger partial charge in [-0.1, -0.05) is 13.8 Å². The Kier molecular flexibility index (Phi) is 4.29. The molecule has 0 aliphatic rings. The number of carbonyl (C=O) groups is 1. The molecule has 1 aromatic carbocycles. The standard InChI is InChI=1S/C11H13BrFNO2/c1-6(2)5-16-11(15)7-3-4-8(12)9(13)10(7)14/h3-4,6H,5,14H2,1-2H3. The third-order valence-electron chi connectivity index (χ3n) is 1.90. The van der Waals surface area contributed by atoms with Crippen LogP contribution in [0.2, 0.25) is 0 Å². The fourth-order valence-corrected chi connectivity index (χ4v) is 1.41. The summed E-state index contributed by atoms with van der Waals surface area (Å²) in [6.45, 7) is 4.12. The summed E-state index contributed by atoms with van der Waals surface area (Å²) in [6, 6.07) is 2.86. The van der Waals surface area contributed by atoms with Crippen molar-refractivity contribution in [2.45, 2.75) is 13.8 Å². The zero-order valence-corrected chi connectivity index (χ0v) is 10.7. The Labute approximate surface area is 102 Å². The van der Waals surface area contributed by atoms with Gasteiger partial charge in [0.25, 0.3) is 0 Å². The summed E-state index contributed by atoms with van der Waals surface area (Å²) in [5, 5.41) is 0. The van der Waals surface area contributed by atoms with Crippen LogP contribution in [0.4, 0.5) is 10.1 Å². The van der Waals surface area contributed by atoms with Gasteiger partial charge in [-0.25, -0.2) is 9.18 Å². The Morgan fingerprint density at radius 3 is 2.75 bits per heavy atom. The van der Waals surface area contributed by atoms with E-state index in [2.05, 4.69) is 15.9 Å². The summed E-state index contributed by atoms with van der Waals surface area (Å²) in [5.74, 6) is -1.01. The number of hydrogen-bond acceptors (Lipinski definition) is 3. The average molecular weight is 290 g/mol. The van der Waals surface area contributed by atoms with Crippen LogP contribution < -0.4 is 5.73 Å². The van der Waals surface area contributed by atoms with Gasteiger partial charge in [0.05, 0.1) is 22.3 Å². The van der Waals surface area contributed by atoms with E-state index in [4.69, 9.17) is 10.5 Å². The zero-order valence-electron chi connectivity index (χ0n) is 9.09. The molecule has 0 heterocycles. The Morgan fingerprint density at radius 2 is 2.19 bits per heavy atom. The van der Waals surface area contributed by atoms with Crippen molar-refractivity contribution >= 4 is 27.6 Å². The van der Waals surface area contributed by atoms with E-state index in [1.54, 1.807) is 0 Å². The molecule has 5 heteroatoms. The number of benzene rings is 1. The summed E-state index contributed by atoms with van der Waals surface area (Å²) >= 11 is 2.98. The van der Waals surface area contributed by atoms with Crippen LogP contribution in [0.3, 0.4) is 0 Å². The van der Waals surface area contributed by atoms with Crippen LogP contribution in [0.1, 0.15) is 24.2 Å². The fraction of sp³-hybridized carbons (Fsp3) is 0.364. The topological polar surface area (TPSA) is 52.3 Å². The molecule has 0 saturated carbocycles. The quantitative estimate of drug-likeness (QED) is 0.687. The highest BCUT2D eigenvalue weighted by Gasteiger charge is 2.16. The van der Waals surface area contributed by atoms with Crippen molar-refractivity contribution in [2.75, 3.05) is 12.3 Å². The molecule has 0 unspecified atom stereocenters. The third-order valence-corrected chi connectivity index (χ3v) is 2.51. The fourth-order valence-electron chi connectivity index (χ4n) is 1.06. The summed E-state index contributed by atoms with van der Waals surface area (Å²) in [5.41, 5.74) is 5.35. The van der Waals surface area contributed by atoms with Crippen molar-refractivity contribution in [3.63, 3.8) is 0 Å². The van der Waals surface area contributed by atoms with Crippen LogP contribution in [0.25, 0.3) is 0 Å². The van der Waals surface area contributed by atoms with E-state index in [0.29, 0.717) is 0 Å². The lowest BCUT2D eigenvalue weighted by Gasteiger charge is -2.09. The number of nitrogen functional groups attached to an aromatic ring is 1. The highest BCUT2D eigenvalue weighted by Crippen LogP contribution is 2.24. The van der Waals surface area contributed by atoms with Gasteiger partial charge in [0.2, 0.25) is 0 Å². The van der Waals surface area contributed by atoms with Gasteiger partial charge in [0.1, 0.15) is 0 Å². The SMILES string of the molecule is CC(C)COC(=O)c1ccc(Br)c(F)c1N. The summed E-state index contributed by atoms with van der Waals surface area (Å²) < 4.78 is 18.6. The summed E-state index contributed by atoms with van der Waals surface area (Å²) in [6.07, 6.45) is 0. The largest absolute Gasteiger partial charge is 0.462 e. The molecule has 16 heavy (non-hydrogen) atoms. The van der Waals surface area contributed by atoms with Crippen molar-refractivity contribution in [1.29, 1.82) is 0 Å². The number of nitrogens with two attached hydrogens (primary N) is 1. The summed E-state index contributed by atoms with van der Waals surface area (Å²) in [4.78, 5) is 11.5. The molecule has 88 valence electrons. The number of hydrogen-bond donors (Lipinski definition) is 1. The molecular weight excluding hydrogens is 277 g/mol. The van der Waals surface area contributed by atoms with Crippen LogP contribution in [0.15, 0.2) is 16.6 Å². The van der Waals surface area contributed by atoms with Crippen LogP contribution >= 0.6 is 15.9 Å². The molecule has 0 fully saturated rings. The van der Waals surface area contributed by atoms with Gasteiger partial charge < -0.3 is 10.5 Å². The lowest BCUT2D eigenvalue weighted by Crippen LogP contribution is -2.13. The van der Waals surface area contributed by atoms with E-state index >= 15 is 0 Å². The second kappa shape index (κ2) is 5.30. The molecule has 0 aliphatic carbocycles. The van der Waals surface area contributed by atoms with Crippen molar-refractivity contribution in [3.05, 3.63) is 28.0 Å². The molecule has 2 N–H and O–H groups in total. The van der Waals surface area contributed by atoms with Gasteiger partial charge in [-0.15, -0.1) is 0 Å². The van der Waals surface area contributed by atoms with Crippen molar-refractivity contribution in [2.24, 2.45) is 5.92 Å². The second-order valence-corrected chi connectivity index (χ2v) is 4.67. The van der Waals surface area contributed by atoms with Gasteiger partial charge in [0, 0.05) is 0 Å². The van der Waals surface area contributed by atoms with E-state index in [9.17, 15) is 9.18 Å². The van der Waals surface area contributed by atoms with E-state index in [1.807, 2.05) is 13.8 Å². The first-order valence-corrected chi connectivity index (χ1v) is 5.63. The minimum absolute atomic E-state index is 0.0568. The smallest absolute Gasteiger partial charge is 0.340 e. The zero-order chi connectivity index (χ0) is 12.3. The van der Waals surface area contributed by atoms with Crippen LogP contribution in [-0.4, -0.2) is 12.6 Å². The summed E-state index contributed by atoms with van der Waals surface area (Å²) in [7, 11) is 0. The molecule has 1 rings (SSSR count). The molecule has 0 spiro atoms. The number of esters is 1. The highest BCUT2D eigenvalue weighted by atomic mass is 79.9. The van der Waals surface area contributed by atoms with E-state index in [0.717, 1.165) is 0 Å². The van der Waals surface area contributed by atoms with Crippen LogP contribution in [0, 0.1) is 11.7 Å². The first-order valence-electron chi connectivity index (χ1n) is 4.84. The van der Waals surface area contributed by atoms with Gasteiger partial charge in [-0.05, 0) is 34.0 Å². The normalized spacial score (nSPS) is 10.6. The van der Waals surface area contributed by atoms with E-state index in [-0.39, 0.29) is 28.2 Å². The van der Waals surface area contributed by atoms with Gasteiger partial charge in [-0.3, -0.25) is 0 Å². The molecule has 0 amide bonds. The molecule has 0 aromatic heterocycles. The van der Waals surface area contributed by atoms with Gasteiger partial charge in [0.15, 0.2) is 5.82 Å². The predicted octanol–water partition coefficient (Wildman–Crippen LogP) is 2.98. The second-order valence-electron chi connectivity index (χ2n) is 3.81. The van der Waals surface area contributed by atoms with Gasteiger partial charge >= 0.3 is 5.97 Å². The van der Waals surface area contributed by atoms with Gasteiger partial charge in [-0.2, -0.15) is 0 Å². The highest BCUT2D eigenvalue weighted by molar-refractivity contribution is 9.10. The molecular formula is C11H13BrFNO2. The lowest BCUT2D eigenvalue weighted by atomic mass is 10.2. The molecule has 3 nitrogen and oxygen atoms in total. The van der Waals surface area contributed by atoms with Crippen LogP contribution in [0.5, 0.6) is 0 Å². The predicted molar refractivity (Wildman–Crippen MR) is 63.6 cm³/mol. The van der Waals surface area contributed by atoms with Crippen molar-refractivity contribution in [3.8, 4) is 0 Å². The first kappa shape index (κ1) is 13.0.